The molecule has 1 unspecified atom stereocenters. The molecule has 0 aromatic carbocycles. The van der Waals surface area contributed by atoms with E-state index in [9.17, 15) is 4.79 Å². The van der Waals surface area contributed by atoms with Crippen molar-refractivity contribution in [2.75, 3.05) is 6.54 Å². The van der Waals surface area contributed by atoms with Gasteiger partial charge in [-0.05, 0) is 19.4 Å². The third-order valence-electron chi connectivity index (χ3n) is 2.82. The van der Waals surface area contributed by atoms with Gasteiger partial charge in [-0.3, -0.25) is 4.79 Å². The van der Waals surface area contributed by atoms with Crippen LogP contribution in [0.25, 0.3) is 0 Å². The molecule has 0 aromatic heterocycles. The summed E-state index contributed by atoms with van der Waals surface area (Å²) in [6.45, 7) is 5.15. The number of nitrogens with one attached hydrogen (secondary N) is 1. The fourth-order valence-electron chi connectivity index (χ4n) is 1.74. The summed E-state index contributed by atoms with van der Waals surface area (Å²) in [5, 5.41) is 12.2. The Morgan fingerprint density at radius 3 is 2.25 bits per heavy atom. The molecule has 0 spiro atoms. The average Bonchev–Trinajstić information content (AvgIpc) is 2.26. The summed E-state index contributed by atoms with van der Waals surface area (Å²) in [6.07, 6.45) is 8.77. The summed E-state index contributed by atoms with van der Waals surface area (Å²) in [7, 11) is 0. The number of carbonyl (C=O) groups is 1. The summed E-state index contributed by atoms with van der Waals surface area (Å²) in [6, 6.07) is -0.339. The molecule has 0 aliphatic carbocycles. The zero-order chi connectivity index (χ0) is 12.2. The summed E-state index contributed by atoms with van der Waals surface area (Å²) >= 11 is 0. The molecular formula is C13H27NO2. The van der Waals surface area contributed by atoms with Crippen LogP contribution in [0.1, 0.15) is 65.2 Å². The number of rotatable bonds is 11. The minimum atomic E-state index is -0.701. The first kappa shape index (κ1) is 15.4. The van der Waals surface area contributed by atoms with E-state index < -0.39 is 5.97 Å². The smallest absolute Gasteiger partial charge is 0.320 e. The van der Waals surface area contributed by atoms with Crippen LogP contribution >= 0.6 is 0 Å². The van der Waals surface area contributed by atoms with Crippen LogP contribution in [0, 0.1) is 0 Å². The molecule has 0 rings (SSSR count). The third kappa shape index (κ3) is 8.72. The van der Waals surface area contributed by atoms with Crippen LogP contribution < -0.4 is 5.32 Å². The molecule has 0 saturated carbocycles. The normalized spacial score (nSPS) is 12.6. The van der Waals surface area contributed by atoms with Gasteiger partial charge in [0.15, 0.2) is 0 Å². The number of hydrogen-bond donors (Lipinski definition) is 2. The Morgan fingerprint density at radius 1 is 1.06 bits per heavy atom. The quantitative estimate of drug-likeness (QED) is 0.535. The zero-order valence-electron chi connectivity index (χ0n) is 10.8. The van der Waals surface area contributed by atoms with Gasteiger partial charge in [0, 0.05) is 0 Å². The van der Waals surface area contributed by atoms with Gasteiger partial charge in [-0.2, -0.15) is 0 Å². The van der Waals surface area contributed by atoms with Crippen molar-refractivity contribution >= 4 is 5.97 Å². The van der Waals surface area contributed by atoms with E-state index in [-0.39, 0.29) is 6.04 Å². The fraction of sp³-hybridized carbons (Fsp3) is 0.923. The molecule has 0 aromatic rings. The van der Waals surface area contributed by atoms with E-state index in [0.717, 1.165) is 32.2 Å². The summed E-state index contributed by atoms with van der Waals surface area (Å²) in [5.74, 6) is -0.701. The fourth-order valence-corrected chi connectivity index (χ4v) is 1.74. The van der Waals surface area contributed by atoms with E-state index in [1.54, 1.807) is 0 Å². The lowest BCUT2D eigenvalue weighted by Crippen LogP contribution is -2.37. The van der Waals surface area contributed by atoms with Crippen molar-refractivity contribution in [1.29, 1.82) is 0 Å². The SMILES string of the molecule is CCCCCCC(NCCCCC)C(=O)O. The number of hydrogen-bond acceptors (Lipinski definition) is 2. The maximum absolute atomic E-state index is 11.0. The van der Waals surface area contributed by atoms with Gasteiger partial charge in [-0.1, -0.05) is 52.4 Å². The summed E-state index contributed by atoms with van der Waals surface area (Å²) < 4.78 is 0. The lowest BCUT2D eigenvalue weighted by atomic mass is 10.1. The maximum atomic E-state index is 11.0. The van der Waals surface area contributed by atoms with Gasteiger partial charge in [0.1, 0.15) is 6.04 Å². The molecule has 0 fully saturated rings. The molecule has 0 aliphatic rings. The van der Waals surface area contributed by atoms with E-state index >= 15 is 0 Å². The summed E-state index contributed by atoms with van der Waals surface area (Å²) in [4.78, 5) is 11.0. The van der Waals surface area contributed by atoms with Gasteiger partial charge in [0.05, 0.1) is 0 Å². The van der Waals surface area contributed by atoms with E-state index in [2.05, 4.69) is 19.2 Å². The molecule has 0 saturated heterocycles. The Balaban J connectivity index is 3.59. The van der Waals surface area contributed by atoms with Crippen LogP contribution in [0.3, 0.4) is 0 Å². The Bertz CT molecular complexity index is 159. The molecule has 1 atom stereocenters. The van der Waals surface area contributed by atoms with Crippen molar-refractivity contribution in [1.82, 2.24) is 5.32 Å². The molecule has 0 bridgehead atoms. The van der Waals surface area contributed by atoms with Gasteiger partial charge < -0.3 is 10.4 Å². The van der Waals surface area contributed by atoms with Crippen LogP contribution in [-0.4, -0.2) is 23.7 Å². The topological polar surface area (TPSA) is 49.3 Å². The third-order valence-corrected chi connectivity index (χ3v) is 2.82. The van der Waals surface area contributed by atoms with Gasteiger partial charge in [-0.25, -0.2) is 0 Å². The number of aliphatic carboxylic acids is 1. The van der Waals surface area contributed by atoms with E-state index in [4.69, 9.17) is 5.11 Å². The molecule has 0 radical (unpaired) electrons. The first-order valence-corrected chi connectivity index (χ1v) is 6.68. The second-order valence-corrected chi connectivity index (χ2v) is 4.40. The molecule has 3 nitrogen and oxygen atoms in total. The molecule has 0 amide bonds. The van der Waals surface area contributed by atoms with Crippen LogP contribution in [0.5, 0.6) is 0 Å². The average molecular weight is 229 g/mol. The highest BCUT2D eigenvalue weighted by molar-refractivity contribution is 5.73. The molecule has 96 valence electrons. The first-order valence-electron chi connectivity index (χ1n) is 6.68. The minimum Gasteiger partial charge on any atom is -0.480 e. The highest BCUT2D eigenvalue weighted by Gasteiger charge is 2.15. The molecule has 3 heteroatoms. The first-order chi connectivity index (χ1) is 7.72. The molecule has 0 aliphatic heterocycles. The van der Waals surface area contributed by atoms with Crippen LogP contribution in [0.15, 0.2) is 0 Å². The van der Waals surface area contributed by atoms with Gasteiger partial charge in [-0.15, -0.1) is 0 Å². The monoisotopic (exact) mass is 229 g/mol. The molecular weight excluding hydrogens is 202 g/mol. The van der Waals surface area contributed by atoms with E-state index in [1.165, 1.54) is 25.7 Å². The Hall–Kier alpha value is -0.570. The van der Waals surface area contributed by atoms with Crippen molar-refractivity contribution in [2.45, 2.75) is 71.3 Å². The van der Waals surface area contributed by atoms with Crippen molar-refractivity contribution in [2.24, 2.45) is 0 Å². The Morgan fingerprint density at radius 2 is 1.69 bits per heavy atom. The minimum absolute atomic E-state index is 0.339. The predicted octanol–water partition coefficient (Wildman–Crippen LogP) is 3.19. The lowest BCUT2D eigenvalue weighted by molar-refractivity contribution is -0.139. The van der Waals surface area contributed by atoms with Crippen LogP contribution in [0.4, 0.5) is 0 Å². The van der Waals surface area contributed by atoms with Gasteiger partial charge >= 0.3 is 5.97 Å². The van der Waals surface area contributed by atoms with Crippen LogP contribution in [0.2, 0.25) is 0 Å². The van der Waals surface area contributed by atoms with Gasteiger partial charge in [0.25, 0.3) is 0 Å². The molecule has 16 heavy (non-hydrogen) atoms. The Labute approximate surface area is 99.6 Å². The summed E-state index contributed by atoms with van der Waals surface area (Å²) in [5.41, 5.74) is 0. The highest BCUT2D eigenvalue weighted by Crippen LogP contribution is 2.06. The highest BCUT2D eigenvalue weighted by atomic mass is 16.4. The molecule has 2 N–H and O–H groups in total. The number of carboxylic acids is 1. The predicted molar refractivity (Wildman–Crippen MR) is 67.7 cm³/mol. The van der Waals surface area contributed by atoms with E-state index in [0.29, 0.717) is 0 Å². The van der Waals surface area contributed by atoms with Gasteiger partial charge in [0.2, 0.25) is 0 Å². The van der Waals surface area contributed by atoms with E-state index in [1.807, 2.05) is 0 Å². The van der Waals surface area contributed by atoms with Crippen LogP contribution in [-0.2, 0) is 4.79 Å². The van der Waals surface area contributed by atoms with Crippen molar-refractivity contribution in [3.63, 3.8) is 0 Å². The lowest BCUT2D eigenvalue weighted by Gasteiger charge is -2.13. The van der Waals surface area contributed by atoms with Crippen molar-refractivity contribution in [3.05, 3.63) is 0 Å². The number of unbranched alkanes of at least 4 members (excludes halogenated alkanes) is 5. The van der Waals surface area contributed by atoms with Crippen molar-refractivity contribution < 1.29 is 9.90 Å². The number of carboxylic acid groups (broad SMARTS) is 1. The maximum Gasteiger partial charge on any atom is 0.320 e. The standard InChI is InChI=1S/C13H27NO2/c1-3-5-7-8-10-12(13(15)16)14-11-9-6-4-2/h12,14H,3-11H2,1-2H3,(H,15,16). The largest absolute Gasteiger partial charge is 0.480 e. The second-order valence-electron chi connectivity index (χ2n) is 4.40. The zero-order valence-corrected chi connectivity index (χ0v) is 10.8. The Kier molecular flexibility index (Phi) is 10.5. The van der Waals surface area contributed by atoms with Crippen molar-refractivity contribution in [3.8, 4) is 0 Å². The molecule has 0 heterocycles. The second kappa shape index (κ2) is 10.9.